The topological polar surface area (TPSA) is 42.0 Å². The van der Waals surface area contributed by atoms with Crippen LogP contribution in [0.15, 0.2) is 29.8 Å². The summed E-state index contributed by atoms with van der Waals surface area (Å²) in [5.41, 5.74) is -0.542. The molecule has 1 aromatic heterocycles. The SMILES string of the molecule is O=C(Nc1ccccc1F)c1scnc1C(F)(F)F. The summed E-state index contributed by atoms with van der Waals surface area (Å²) in [6.45, 7) is 0. The average Bonchev–Trinajstić information content (AvgIpc) is 2.81. The number of hydrogen-bond donors (Lipinski definition) is 1. The molecule has 0 fully saturated rings. The molecule has 0 atom stereocenters. The van der Waals surface area contributed by atoms with Gasteiger partial charge in [-0.2, -0.15) is 13.2 Å². The molecule has 0 radical (unpaired) electrons. The second-order valence-corrected chi connectivity index (χ2v) is 4.32. The molecule has 0 saturated heterocycles. The lowest BCUT2D eigenvalue weighted by atomic mass is 10.3. The molecule has 0 aliphatic heterocycles. The highest BCUT2D eigenvalue weighted by Gasteiger charge is 2.38. The molecule has 1 heterocycles. The van der Waals surface area contributed by atoms with Gasteiger partial charge in [0, 0.05) is 0 Å². The average molecular weight is 290 g/mol. The molecule has 0 saturated carbocycles. The third kappa shape index (κ3) is 2.90. The standard InChI is InChI=1S/C11H6F4N2OS/c12-6-3-1-2-4-7(6)17-10(18)8-9(11(13,14)15)16-5-19-8/h1-5H,(H,17,18). The number of thiazole rings is 1. The number of hydrogen-bond acceptors (Lipinski definition) is 3. The van der Waals surface area contributed by atoms with Crippen molar-refractivity contribution in [1.82, 2.24) is 4.98 Å². The van der Waals surface area contributed by atoms with Crippen molar-refractivity contribution in [2.24, 2.45) is 0 Å². The van der Waals surface area contributed by atoms with Gasteiger partial charge in [0.2, 0.25) is 0 Å². The molecule has 3 nitrogen and oxygen atoms in total. The van der Waals surface area contributed by atoms with Crippen molar-refractivity contribution >= 4 is 22.9 Å². The van der Waals surface area contributed by atoms with Gasteiger partial charge >= 0.3 is 6.18 Å². The predicted octanol–water partition coefficient (Wildman–Crippen LogP) is 3.55. The minimum Gasteiger partial charge on any atom is -0.319 e. The van der Waals surface area contributed by atoms with Gasteiger partial charge in [-0.25, -0.2) is 9.37 Å². The van der Waals surface area contributed by atoms with E-state index in [2.05, 4.69) is 10.3 Å². The second kappa shape index (κ2) is 4.96. The van der Waals surface area contributed by atoms with Crippen molar-refractivity contribution in [2.45, 2.75) is 6.18 Å². The highest BCUT2D eigenvalue weighted by Crippen LogP contribution is 2.33. The summed E-state index contributed by atoms with van der Waals surface area (Å²) in [4.78, 5) is 14.2. The maximum atomic E-state index is 13.3. The number of carbonyl (C=O) groups excluding carboxylic acids is 1. The summed E-state index contributed by atoms with van der Waals surface area (Å²) in [5.74, 6) is -1.77. The van der Waals surface area contributed by atoms with Crippen LogP contribution in [0.3, 0.4) is 0 Å². The molecule has 0 spiro atoms. The van der Waals surface area contributed by atoms with Crippen molar-refractivity contribution in [2.75, 3.05) is 5.32 Å². The van der Waals surface area contributed by atoms with Crippen LogP contribution in [-0.4, -0.2) is 10.9 Å². The number of rotatable bonds is 2. The van der Waals surface area contributed by atoms with Crippen LogP contribution in [0.4, 0.5) is 23.2 Å². The first kappa shape index (κ1) is 13.5. The Kier molecular flexibility index (Phi) is 3.52. The van der Waals surface area contributed by atoms with E-state index in [9.17, 15) is 22.4 Å². The van der Waals surface area contributed by atoms with Crippen LogP contribution in [0, 0.1) is 5.82 Å². The highest BCUT2D eigenvalue weighted by atomic mass is 32.1. The molecule has 1 N–H and O–H groups in total. The molecular weight excluding hydrogens is 284 g/mol. The molecule has 2 aromatic rings. The van der Waals surface area contributed by atoms with E-state index >= 15 is 0 Å². The number of benzene rings is 1. The number of para-hydroxylation sites is 1. The summed E-state index contributed by atoms with van der Waals surface area (Å²) in [6, 6.07) is 5.20. The summed E-state index contributed by atoms with van der Waals surface area (Å²) in [5, 5.41) is 2.08. The number of amides is 1. The zero-order chi connectivity index (χ0) is 14.0. The quantitative estimate of drug-likeness (QED) is 0.859. The van der Waals surface area contributed by atoms with E-state index in [0.29, 0.717) is 11.3 Å². The fourth-order valence-corrected chi connectivity index (χ4v) is 2.05. The lowest BCUT2D eigenvalue weighted by Crippen LogP contribution is -2.17. The summed E-state index contributed by atoms with van der Waals surface area (Å²) < 4.78 is 50.9. The predicted molar refractivity (Wildman–Crippen MR) is 61.5 cm³/mol. The van der Waals surface area contributed by atoms with E-state index in [-0.39, 0.29) is 5.69 Å². The van der Waals surface area contributed by atoms with E-state index in [0.717, 1.165) is 11.6 Å². The van der Waals surface area contributed by atoms with E-state index in [4.69, 9.17) is 0 Å². The number of aromatic nitrogens is 1. The molecule has 0 bridgehead atoms. The first-order valence-electron chi connectivity index (χ1n) is 4.96. The molecule has 1 amide bonds. The highest BCUT2D eigenvalue weighted by molar-refractivity contribution is 7.12. The van der Waals surface area contributed by atoms with Gasteiger partial charge in [-0.1, -0.05) is 12.1 Å². The molecular formula is C11H6F4N2OS. The first-order chi connectivity index (χ1) is 8.89. The third-order valence-electron chi connectivity index (χ3n) is 2.16. The number of carbonyl (C=O) groups is 1. The first-order valence-corrected chi connectivity index (χ1v) is 5.84. The van der Waals surface area contributed by atoms with Crippen LogP contribution >= 0.6 is 11.3 Å². The summed E-state index contributed by atoms with van der Waals surface area (Å²) >= 11 is 0.544. The lowest BCUT2D eigenvalue weighted by molar-refractivity contribution is -0.141. The molecule has 1 aromatic carbocycles. The van der Waals surface area contributed by atoms with Crippen molar-refractivity contribution < 1.29 is 22.4 Å². The van der Waals surface area contributed by atoms with E-state index in [1.165, 1.54) is 18.2 Å². The molecule has 8 heteroatoms. The van der Waals surface area contributed by atoms with Crippen molar-refractivity contribution in [3.8, 4) is 0 Å². The Morgan fingerprint density at radius 1 is 1.26 bits per heavy atom. The molecule has 0 unspecified atom stereocenters. The van der Waals surface area contributed by atoms with E-state index in [1.54, 1.807) is 0 Å². The largest absolute Gasteiger partial charge is 0.434 e. The Balaban J connectivity index is 2.27. The second-order valence-electron chi connectivity index (χ2n) is 3.46. The van der Waals surface area contributed by atoms with Gasteiger partial charge in [0.1, 0.15) is 10.7 Å². The van der Waals surface area contributed by atoms with Gasteiger partial charge < -0.3 is 5.32 Å². The number of alkyl halides is 3. The Morgan fingerprint density at radius 2 is 1.95 bits per heavy atom. The smallest absolute Gasteiger partial charge is 0.319 e. The molecule has 0 aliphatic carbocycles. The molecule has 2 rings (SSSR count). The molecule has 19 heavy (non-hydrogen) atoms. The summed E-state index contributed by atoms with van der Waals surface area (Å²) in [7, 11) is 0. The minimum atomic E-state index is -4.72. The van der Waals surface area contributed by atoms with Gasteiger partial charge in [-0.3, -0.25) is 4.79 Å². The Bertz CT molecular complexity index is 609. The van der Waals surface area contributed by atoms with E-state index in [1.807, 2.05) is 0 Å². The monoisotopic (exact) mass is 290 g/mol. The van der Waals surface area contributed by atoms with Gasteiger partial charge in [-0.05, 0) is 12.1 Å². The fraction of sp³-hybridized carbons (Fsp3) is 0.0909. The summed E-state index contributed by atoms with van der Waals surface area (Å²) in [6.07, 6.45) is -4.72. The number of anilines is 1. The minimum absolute atomic E-state index is 0.186. The third-order valence-corrected chi connectivity index (χ3v) is 2.99. The molecule has 0 aliphatic rings. The number of nitrogens with one attached hydrogen (secondary N) is 1. The maximum Gasteiger partial charge on any atom is 0.434 e. The van der Waals surface area contributed by atoms with Crippen LogP contribution in [-0.2, 0) is 6.18 Å². The van der Waals surface area contributed by atoms with Crippen molar-refractivity contribution in [3.05, 3.63) is 46.2 Å². The van der Waals surface area contributed by atoms with Crippen LogP contribution in [0.25, 0.3) is 0 Å². The van der Waals surface area contributed by atoms with Crippen LogP contribution in [0.2, 0.25) is 0 Å². The van der Waals surface area contributed by atoms with Gasteiger partial charge in [0.05, 0.1) is 11.2 Å². The Morgan fingerprint density at radius 3 is 2.58 bits per heavy atom. The molecule has 100 valence electrons. The van der Waals surface area contributed by atoms with Gasteiger partial charge in [-0.15, -0.1) is 11.3 Å². The fourth-order valence-electron chi connectivity index (χ4n) is 1.35. The Hall–Kier alpha value is -1.96. The van der Waals surface area contributed by atoms with Crippen LogP contribution < -0.4 is 5.32 Å². The lowest BCUT2D eigenvalue weighted by Gasteiger charge is -2.07. The number of nitrogens with zero attached hydrogens (tertiary/aromatic N) is 1. The Labute approximate surface area is 108 Å². The zero-order valence-electron chi connectivity index (χ0n) is 9.16. The number of halogens is 4. The maximum absolute atomic E-state index is 13.3. The van der Waals surface area contributed by atoms with Gasteiger partial charge in [0.25, 0.3) is 5.91 Å². The normalized spacial score (nSPS) is 11.4. The van der Waals surface area contributed by atoms with Crippen molar-refractivity contribution in [1.29, 1.82) is 0 Å². The van der Waals surface area contributed by atoms with E-state index < -0.39 is 28.5 Å². The zero-order valence-corrected chi connectivity index (χ0v) is 9.98. The van der Waals surface area contributed by atoms with Crippen molar-refractivity contribution in [3.63, 3.8) is 0 Å². The van der Waals surface area contributed by atoms with Crippen LogP contribution in [0.1, 0.15) is 15.4 Å². The van der Waals surface area contributed by atoms with Crippen LogP contribution in [0.5, 0.6) is 0 Å². The van der Waals surface area contributed by atoms with Gasteiger partial charge in [0.15, 0.2) is 5.69 Å².